The van der Waals surface area contributed by atoms with E-state index in [4.69, 9.17) is 22.1 Å². The van der Waals surface area contributed by atoms with Crippen LogP contribution in [0.15, 0.2) is 6.33 Å². The number of hydrogen-bond donors (Lipinski definition) is 1. The first kappa shape index (κ1) is 13.7. The van der Waals surface area contributed by atoms with Crippen molar-refractivity contribution in [3.05, 3.63) is 11.5 Å². The molecule has 1 aromatic heterocycles. The minimum Gasteiger partial charge on any atom is -0.450 e. The van der Waals surface area contributed by atoms with Crippen LogP contribution in [0.4, 0.5) is 16.3 Å². The fourth-order valence-corrected chi connectivity index (χ4v) is 2.06. The maximum Gasteiger partial charge on any atom is 0.409 e. The predicted molar refractivity (Wildman–Crippen MR) is 72.3 cm³/mol. The number of hydrogen-bond acceptors (Lipinski definition) is 6. The van der Waals surface area contributed by atoms with E-state index in [9.17, 15) is 4.79 Å². The summed E-state index contributed by atoms with van der Waals surface area (Å²) in [6.07, 6.45) is 1.10. The molecule has 0 saturated carbocycles. The number of aromatic nitrogens is 2. The Bertz CT molecular complexity index is 462. The molecule has 1 aromatic rings. The summed E-state index contributed by atoms with van der Waals surface area (Å²) >= 11 is 5.87. The smallest absolute Gasteiger partial charge is 0.409 e. The normalized spacial score (nSPS) is 15.5. The molecule has 1 fully saturated rings. The number of ether oxygens (including phenoxy) is 1. The van der Waals surface area contributed by atoms with E-state index in [0.29, 0.717) is 44.3 Å². The van der Waals surface area contributed by atoms with Crippen LogP contribution < -0.4 is 10.6 Å². The molecule has 8 heteroatoms. The average Bonchev–Trinajstić information content (AvgIpc) is 2.42. The number of piperazine rings is 1. The summed E-state index contributed by atoms with van der Waals surface area (Å²) < 4.78 is 4.96. The van der Waals surface area contributed by atoms with Crippen molar-refractivity contribution in [3.8, 4) is 0 Å². The Labute approximate surface area is 116 Å². The second kappa shape index (κ2) is 5.92. The highest BCUT2D eigenvalue weighted by molar-refractivity contribution is 6.32. The lowest BCUT2D eigenvalue weighted by atomic mass is 10.3. The van der Waals surface area contributed by atoms with Crippen LogP contribution >= 0.6 is 11.6 Å². The molecule has 1 aliphatic heterocycles. The van der Waals surface area contributed by atoms with E-state index in [1.54, 1.807) is 11.8 Å². The van der Waals surface area contributed by atoms with Gasteiger partial charge in [-0.2, -0.15) is 0 Å². The van der Waals surface area contributed by atoms with Gasteiger partial charge in [0.25, 0.3) is 0 Å². The van der Waals surface area contributed by atoms with Crippen molar-refractivity contribution in [1.82, 2.24) is 14.9 Å². The Morgan fingerprint density at radius 3 is 2.74 bits per heavy atom. The molecule has 0 spiro atoms. The van der Waals surface area contributed by atoms with E-state index >= 15 is 0 Å². The van der Waals surface area contributed by atoms with Crippen LogP contribution in [0.5, 0.6) is 0 Å². The van der Waals surface area contributed by atoms with Gasteiger partial charge >= 0.3 is 6.09 Å². The standard InChI is InChI=1S/C11H16ClN5O2/c1-2-19-11(18)17-5-3-16(4-6-17)10-8(13)9(12)14-7-15-10/h7H,2-6,13H2,1H3. The Morgan fingerprint density at radius 2 is 2.11 bits per heavy atom. The molecular weight excluding hydrogens is 270 g/mol. The zero-order valence-corrected chi connectivity index (χ0v) is 11.4. The van der Waals surface area contributed by atoms with Crippen LogP contribution in [0, 0.1) is 0 Å². The lowest BCUT2D eigenvalue weighted by Crippen LogP contribution is -2.49. The molecule has 0 bridgehead atoms. The first-order valence-corrected chi connectivity index (χ1v) is 6.44. The Balaban J connectivity index is 2.00. The van der Waals surface area contributed by atoms with Gasteiger partial charge in [0.1, 0.15) is 12.0 Å². The van der Waals surface area contributed by atoms with Gasteiger partial charge in [0.15, 0.2) is 11.0 Å². The van der Waals surface area contributed by atoms with Gasteiger partial charge in [-0.3, -0.25) is 0 Å². The molecule has 104 valence electrons. The van der Waals surface area contributed by atoms with Crippen molar-refractivity contribution < 1.29 is 9.53 Å². The Hall–Kier alpha value is -1.76. The van der Waals surface area contributed by atoms with Crippen LogP contribution in [0.3, 0.4) is 0 Å². The van der Waals surface area contributed by atoms with E-state index < -0.39 is 0 Å². The van der Waals surface area contributed by atoms with E-state index in [-0.39, 0.29) is 11.2 Å². The number of carbonyl (C=O) groups is 1. The quantitative estimate of drug-likeness (QED) is 0.816. The van der Waals surface area contributed by atoms with Crippen LogP contribution in [-0.2, 0) is 4.74 Å². The van der Waals surface area contributed by atoms with Gasteiger partial charge in [0.2, 0.25) is 0 Å². The molecule has 2 heterocycles. The highest BCUT2D eigenvalue weighted by Gasteiger charge is 2.24. The van der Waals surface area contributed by atoms with Crippen LogP contribution in [0.25, 0.3) is 0 Å². The molecule has 1 saturated heterocycles. The second-order valence-corrected chi connectivity index (χ2v) is 4.43. The monoisotopic (exact) mass is 285 g/mol. The molecule has 0 aliphatic carbocycles. The summed E-state index contributed by atoms with van der Waals surface area (Å²) in [5, 5.41) is 0.248. The molecule has 2 N–H and O–H groups in total. The van der Waals surface area contributed by atoms with Gasteiger partial charge in [-0.1, -0.05) is 11.6 Å². The number of anilines is 2. The number of nitrogen functional groups attached to an aromatic ring is 1. The van der Waals surface area contributed by atoms with Crippen molar-refractivity contribution >= 4 is 29.2 Å². The SMILES string of the molecule is CCOC(=O)N1CCN(c2ncnc(Cl)c2N)CC1. The molecule has 0 atom stereocenters. The first-order valence-electron chi connectivity index (χ1n) is 6.06. The fraction of sp³-hybridized carbons (Fsp3) is 0.545. The molecule has 1 aliphatic rings. The number of halogens is 1. The predicted octanol–water partition coefficient (Wildman–Crippen LogP) is 0.991. The van der Waals surface area contributed by atoms with E-state index in [2.05, 4.69) is 9.97 Å². The molecule has 0 aromatic carbocycles. The lowest BCUT2D eigenvalue weighted by molar-refractivity contribution is 0.105. The van der Waals surface area contributed by atoms with Crippen molar-refractivity contribution in [1.29, 1.82) is 0 Å². The number of nitrogens with zero attached hydrogens (tertiary/aromatic N) is 4. The summed E-state index contributed by atoms with van der Waals surface area (Å²) in [7, 11) is 0. The third-order valence-electron chi connectivity index (χ3n) is 2.92. The van der Waals surface area contributed by atoms with Gasteiger partial charge in [0, 0.05) is 26.2 Å². The number of carbonyl (C=O) groups excluding carboxylic acids is 1. The summed E-state index contributed by atoms with van der Waals surface area (Å²) in [4.78, 5) is 23.2. The highest BCUT2D eigenvalue weighted by atomic mass is 35.5. The summed E-state index contributed by atoms with van der Waals surface area (Å²) in [5.74, 6) is 0.614. The molecule has 0 radical (unpaired) electrons. The number of nitrogens with two attached hydrogens (primary N) is 1. The topological polar surface area (TPSA) is 84.6 Å². The fourth-order valence-electron chi connectivity index (χ4n) is 1.93. The average molecular weight is 286 g/mol. The minimum atomic E-state index is -0.282. The number of rotatable bonds is 2. The van der Waals surface area contributed by atoms with Crippen molar-refractivity contribution in [2.24, 2.45) is 0 Å². The van der Waals surface area contributed by atoms with E-state index in [1.807, 2.05) is 4.90 Å². The molecule has 7 nitrogen and oxygen atoms in total. The van der Waals surface area contributed by atoms with Crippen LogP contribution in [0.1, 0.15) is 6.92 Å². The largest absolute Gasteiger partial charge is 0.450 e. The zero-order chi connectivity index (χ0) is 13.8. The molecule has 19 heavy (non-hydrogen) atoms. The van der Waals surface area contributed by atoms with Gasteiger partial charge in [-0.15, -0.1) is 0 Å². The maximum absolute atomic E-state index is 11.6. The zero-order valence-electron chi connectivity index (χ0n) is 10.7. The Morgan fingerprint density at radius 1 is 1.42 bits per heavy atom. The third-order valence-corrected chi connectivity index (χ3v) is 3.22. The molecule has 0 unspecified atom stereocenters. The van der Waals surface area contributed by atoms with Crippen LogP contribution in [-0.4, -0.2) is 53.7 Å². The molecular formula is C11H16ClN5O2. The van der Waals surface area contributed by atoms with E-state index in [0.717, 1.165) is 0 Å². The summed E-state index contributed by atoms with van der Waals surface area (Å²) in [6.45, 7) is 4.58. The minimum absolute atomic E-state index is 0.248. The van der Waals surface area contributed by atoms with Crippen LogP contribution in [0.2, 0.25) is 5.15 Å². The Kier molecular flexibility index (Phi) is 4.26. The molecule has 2 rings (SSSR count). The van der Waals surface area contributed by atoms with Gasteiger partial charge in [0.05, 0.1) is 6.61 Å². The first-order chi connectivity index (χ1) is 9.13. The lowest BCUT2D eigenvalue weighted by Gasteiger charge is -2.35. The highest BCUT2D eigenvalue weighted by Crippen LogP contribution is 2.26. The van der Waals surface area contributed by atoms with Crippen molar-refractivity contribution in [2.75, 3.05) is 43.4 Å². The molecule has 1 amide bonds. The summed E-state index contributed by atoms with van der Waals surface area (Å²) in [5.41, 5.74) is 6.22. The third kappa shape index (κ3) is 2.98. The van der Waals surface area contributed by atoms with Gasteiger partial charge in [-0.25, -0.2) is 14.8 Å². The van der Waals surface area contributed by atoms with Gasteiger partial charge < -0.3 is 20.3 Å². The van der Waals surface area contributed by atoms with E-state index in [1.165, 1.54) is 6.33 Å². The van der Waals surface area contributed by atoms with Crippen molar-refractivity contribution in [2.45, 2.75) is 6.92 Å². The number of amides is 1. The maximum atomic E-state index is 11.6. The summed E-state index contributed by atoms with van der Waals surface area (Å²) in [6, 6.07) is 0. The van der Waals surface area contributed by atoms with Gasteiger partial charge in [-0.05, 0) is 6.92 Å². The second-order valence-electron chi connectivity index (χ2n) is 4.07. The van der Waals surface area contributed by atoms with Crippen molar-refractivity contribution in [3.63, 3.8) is 0 Å².